The molecule has 0 aliphatic heterocycles. The van der Waals surface area contributed by atoms with Crippen LogP contribution in [0.15, 0.2) is 121 Å². The molecule has 0 saturated heterocycles. The Labute approximate surface area is 207 Å². The summed E-state index contributed by atoms with van der Waals surface area (Å²) in [4.78, 5) is 0. The van der Waals surface area contributed by atoms with Crippen molar-refractivity contribution in [3.8, 4) is 16.8 Å². The van der Waals surface area contributed by atoms with E-state index in [0.717, 1.165) is 6.42 Å². The summed E-state index contributed by atoms with van der Waals surface area (Å²) in [7, 11) is 0. The summed E-state index contributed by atoms with van der Waals surface area (Å²) < 4.78 is 2.39. The Balaban J connectivity index is 1.46. The van der Waals surface area contributed by atoms with Crippen LogP contribution in [0.2, 0.25) is 0 Å². The summed E-state index contributed by atoms with van der Waals surface area (Å²) in [5.41, 5.74) is 10.3. The van der Waals surface area contributed by atoms with Crippen molar-refractivity contribution in [1.29, 1.82) is 0 Å². The molecule has 1 heterocycles. The summed E-state index contributed by atoms with van der Waals surface area (Å²) in [5, 5.41) is 2.62. The lowest BCUT2D eigenvalue weighted by Crippen LogP contribution is -1.93. The molecule has 5 aromatic carbocycles. The van der Waals surface area contributed by atoms with E-state index in [1.165, 1.54) is 55.3 Å². The summed E-state index contributed by atoms with van der Waals surface area (Å²) >= 11 is 0. The molecule has 0 aliphatic rings. The minimum Gasteiger partial charge on any atom is -0.309 e. The van der Waals surface area contributed by atoms with Gasteiger partial charge in [-0.1, -0.05) is 98.8 Å². The van der Waals surface area contributed by atoms with Crippen molar-refractivity contribution in [2.75, 3.05) is 0 Å². The van der Waals surface area contributed by atoms with Gasteiger partial charge >= 0.3 is 0 Å². The largest absolute Gasteiger partial charge is 0.309 e. The summed E-state index contributed by atoms with van der Waals surface area (Å²) in [6.07, 6.45) is 0.961. The molecule has 170 valence electrons. The van der Waals surface area contributed by atoms with E-state index in [1.54, 1.807) is 0 Å². The normalized spacial score (nSPS) is 11.5. The lowest BCUT2D eigenvalue weighted by molar-refractivity contribution is 0.868. The Morgan fingerprint density at radius 2 is 1.11 bits per heavy atom. The smallest absolute Gasteiger partial charge is 0.0541 e. The molecular weight excluding hydrogens is 422 g/mol. The van der Waals surface area contributed by atoms with Gasteiger partial charge in [-0.15, -0.1) is 0 Å². The zero-order valence-corrected chi connectivity index (χ0v) is 20.3. The zero-order chi connectivity index (χ0) is 23.8. The molecular formula is C34H29N. The Morgan fingerprint density at radius 3 is 1.80 bits per heavy atom. The fraction of sp³-hybridized carbons (Fsp3) is 0.118. The van der Waals surface area contributed by atoms with Crippen LogP contribution in [0, 0.1) is 0 Å². The molecule has 6 aromatic rings. The second-order valence-electron chi connectivity index (χ2n) is 9.69. The molecule has 0 N–H and O–H groups in total. The average Bonchev–Trinajstić information content (AvgIpc) is 3.23. The molecule has 35 heavy (non-hydrogen) atoms. The highest BCUT2D eigenvalue weighted by molar-refractivity contribution is 6.10. The van der Waals surface area contributed by atoms with Gasteiger partial charge in [-0.3, -0.25) is 0 Å². The van der Waals surface area contributed by atoms with E-state index in [2.05, 4.69) is 140 Å². The first-order valence-electron chi connectivity index (χ1n) is 12.4. The fourth-order valence-electron chi connectivity index (χ4n) is 5.08. The first-order chi connectivity index (χ1) is 17.2. The molecule has 1 nitrogen and oxygen atoms in total. The van der Waals surface area contributed by atoms with Gasteiger partial charge in [-0.05, 0) is 76.6 Å². The molecule has 0 spiro atoms. The zero-order valence-electron chi connectivity index (χ0n) is 20.3. The van der Waals surface area contributed by atoms with Gasteiger partial charge in [0, 0.05) is 16.5 Å². The molecule has 6 rings (SSSR count). The number of aromatic nitrogens is 1. The van der Waals surface area contributed by atoms with Crippen molar-refractivity contribution in [1.82, 2.24) is 4.57 Å². The second kappa shape index (κ2) is 8.92. The van der Waals surface area contributed by atoms with Crippen molar-refractivity contribution in [2.24, 2.45) is 0 Å². The van der Waals surface area contributed by atoms with E-state index >= 15 is 0 Å². The highest BCUT2D eigenvalue weighted by atomic mass is 15.0. The molecule has 1 heteroatoms. The van der Waals surface area contributed by atoms with Gasteiger partial charge in [0.15, 0.2) is 0 Å². The van der Waals surface area contributed by atoms with Gasteiger partial charge in [-0.25, -0.2) is 0 Å². The van der Waals surface area contributed by atoms with Gasteiger partial charge in [0.1, 0.15) is 0 Å². The highest BCUT2D eigenvalue weighted by Crippen LogP contribution is 2.36. The predicted molar refractivity (Wildman–Crippen MR) is 150 cm³/mol. The van der Waals surface area contributed by atoms with E-state index in [4.69, 9.17) is 0 Å². The van der Waals surface area contributed by atoms with Gasteiger partial charge in [-0.2, -0.15) is 0 Å². The minimum atomic E-state index is 0.495. The minimum absolute atomic E-state index is 0.495. The van der Waals surface area contributed by atoms with Gasteiger partial charge < -0.3 is 4.57 Å². The fourth-order valence-corrected chi connectivity index (χ4v) is 5.08. The maximum absolute atomic E-state index is 2.39. The van der Waals surface area contributed by atoms with E-state index < -0.39 is 0 Å². The lowest BCUT2D eigenvalue weighted by atomic mass is 9.98. The average molecular weight is 452 g/mol. The van der Waals surface area contributed by atoms with Crippen molar-refractivity contribution in [3.05, 3.63) is 138 Å². The Bertz CT molecular complexity index is 1600. The third kappa shape index (κ3) is 4.04. The molecule has 0 fully saturated rings. The number of hydrogen-bond acceptors (Lipinski definition) is 0. The molecule has 0 unspecified atom stereocenters. The highest BCUT2D eigenvalue weighted by Gasteiger charge is 2.14. The maximum atomic E-state index is 2.39. The first-order valence-corrected chi connectivity index (χ1v) is 12.4. The topological polar surface area (TPSA) is 4.93 Å². The van der Waals surface area contributed by atoms with Gasteiger partial charge in [0.05, 0.1) is 11.0 Å². The van der Waals surface area contributed by atoms with Crippen LogP contribution in [-0.2, 0) is 6.42 Å². The van der Waals surface area contributed by atoms with Crippen LogP contribution in [-0.4, -0.2) is 4.57 Å². The van der Waals surface area contributed by atoms with Crippen molar-refractivity contribution >= 4 is 21.8 Å². The van der Waals surface area contributed by atoms with Crippen LogP contribution in [0.4, 0.5) is 0 Å². The van der Waals surface area contributed by atoms with Crippen LogP contribution >= 0.6 is 0 Å². The second-order valence-corrected chi connectivity index (χ2v) is 9.69. The van der Waals surface area contributed by atoms with Crippen LogP contribution in [0.1, 0.15) is 36.5 Å². The van der Waals surface area contributed by atoms with E-state index in [-0.39, 0.29) is 0 Å². The molecule has 1 aromatic heterocycles. The van der Waals surface area contributed by atoms with E-state index in [0.29, 0.717) is 5.92 Å². The maximum Gasteiger partial charge on any atom is 0.0541 e. The predicted octanol–water partition coefficient (Wildman–Crippen LogP) is 9.16. The van der Waals surface area contributed by atoms with Crippen molar-refractivity contribution in [2.45, 2.75) is 26.2 Å². The van der Waals surface area contributed by atoms with Crippen LogP contribution < -0.4 is 0 Å². The van der Waals surface area contributed by atoms with Crippen LogP contribution in [0.3, 0.4) is 0 Å². The number of rotatable bonds is 5. The Hall–Kier alpha value is -4.10. The monoisotopic (exact) mass is 451 g/mol. The van der Waals surface area contributed by atoms with Crippen molar-refractivity contribution in [3.63, 3.8) is 0 Å². The summed E-state index contributed by atoms with van der Waals surface area (Å²) in [6.45, 7) is 4.53. The molecule has 0 radical (unpaired) electrons. The molecule has 0 bridgehead atoms. The summed E-state index contributed by atoms with van der Waals surface area (Å²) in [6, 6.07) is 44.2. The van der Waals surface area contributed by atoms with Crippen LogP contribution in [0.5, 0.6) is 0 Å². The third-order valence-electron chi connectivity index (χ3n) is 7.01. The van der Waals surface area contributed by atoms with Gasteiger partial charge in [0.2, 0.25) is 0 Å². The molecule has 0 amide bonds. The number of nitrogens with zero attached hydrogens (tertiary/aromatic N) is 1. The van der Waals surface area contributed by atoms with Crippen LogP contribution in [0.25, 0.3) is 38.6 Å². The molecule has 0 aliphatic carbocycles. The SMILES string of the molecule is CC(C)c1ccc2c(c1)c1cc(-c3ccc(Cc4ccccc4)cc3)ccc1n2-c1ccccc1. The number of hydrogen-bond donors (Lipinski definition) is 0. The quantitative estimate of drug-likeness (QED) is 0.246. The lowest BCUT2D eigenvalue weighted by Gasteiger charge is -2.09. The van der Waals surface area contributed by atoms with Crippen molar-refractivity contribution < 1.29 is 0 Å². The van der Waals surface area contributed by atoms with E-state index in [1.807, 2.05) is 0 Å². The first kappa shape index (κ1) is 21.4. The Kier molecular flexibility index (Phi) is 5.47. The standard InChI is InChI=1S/C34H29N/c1-24(2)28-17-19-33-31(22-28)32-23-29(18-20-34(32)35(33)30-11-7-4-8-12-30)27-15-13-26(14-16-27)21-25-9-5-3-6-10-25/h3-20,22-24H,21H2,1-2H3. The molecule has 0 atom stereocenters. The Morgan fingerprint density at radius 1 is 0.543 bits per heavy atom. The third-order valence-corrected chi connectivity index (χ3v) is 7.01. The summed E-state index contributed by atoms with van der Waals surface area (Å²) in [5.74, 6) is 0.495. The van der Waals surface area contributed by atoms with E-state index in [9.17, 15) is 0 Å². The van der Waals surface area contributed by atoms with Gasteiger partial charge in [0.25, 0.3) is 0 Å². The number of para-hydroxylation sites is 1. The molecule has 0 saturated carbocycles. The number of benzene rings is 5. The number of fused-ring (bicyclic) bond motifs is 3.